The molecule has 196 valence electrons. The van der Waals surface area contributed by atoms with Gasteiger partial charge in [0.15, 0.2) is 0 Å². The van der Waals surface area contributed by atoms with Gasteiger partial charge in [-0.15, -0.1) is 13.2 Å². The van der Waals surface area contributed by atoms with Gasteiger partial charge < -0.3 is 28.4 Å². The van der Waals surface area contributed by atoms with Crippen molar-refractivity contribution in [2.75, 3.05) is 33.2 Å². The van der Waals surface area contributed by atoms with E-state index in [9.17, 15) is 19.2 Å². The Morgan fingerprint density at radius 3 is 1.23 bits per heavy atom. The van der Waals surface area contributed by atoms with Crippen LogP contribution in [0.5, 0.6) is 0 Å². The lowest BCUT2D eigenvalue weighted by Crippen LogP contribution is -2.33. The molecule has 35 heavy (non-hydrogen) atoms. The van der Waals surface area contributed by atoms with Crippen molar-refractivity contribution in [3.63, 3.8) is 0 Å². The average molecular weight is 497 g/mol. The van der Waals surface area contributed by atoms with E-state index in [4.69, 9.17) is 28.4 Å². The minimum atomic E-state index is -0.840. The zero-order valence-electron chi connectivity index (χ0n) is 20.6. The summed E-state index contributed by atoms with van der Waals surface area (Å²) in [4.78, 5) is 46.9. The second-order valence-electron chi connectivity index (χ2n) is 7.68. The Morgan fingerprint density at radius 1 is 0.629 bits per heavy atom. The molecule has 0 spiro atoms. The molecule has 0 amide bonds. The monoisotopic (exact) mass is 496 g/mol. The molecule has 2 unspecified atom stereocenters. The molecule has 0 heterocycles. The smallest absolute Gasteiger partial charge is 0.309 e. The Bertz CT molecular complexity index is 693. The molecule has 10 heteroatoms. The molecule has 0 aliphatic rings. The quantitative estimate of drug-likeness (QED) is 0.108. The van der Waals surface area contributed by atoms with Gasteiger partial charge in [0.1, 0.15) is 45.4 Å². The zero-order chi connectivity index (χ0) is 26.6. The van der Waals surface area contributed by atoms with E-state index in [0.717, 1.165) is 0 Å². The molecule has 0 aliphatic carbocycles. The molecular formula is C25H36O10. The highest BCUT2D eigenvalue weighted by Gasteiger charge is 2.19. The van der Waals surface area contributed by atoms with Gasteiger partial charge >= 0.3 is 23.9 Å². The predicted molar refractivity (Wildman–Crippen MR) is 127 cm³/mol. The summed E-state index contributed by atoms with van der Waals surface area (Å²) in [6.07, 6.45) is 1.18. The third kappa shape index (κ3) is 18.8. The van der Waals surface area contributed by atoms with E-state index >= 15 is 0 Å². The Kier molecular flexibility index (Phi) is 17.3. The van der Waals surface area contributed by atoms with Crippen LogP contribution >= 0.6 is 0 Å². The van der Waals surface area contributed by atoms with Crippen LogP contribution in [0.1, 0.15) is 39.5 Å². The summed E-state index contributed by atoms with van der Waals surface area (Å²) >= 11 is 0. The summed E-state index contributed by atoms with van der Waals surface area (Å²) < 4.78 is 31.5. The lowest BCUT2D eigenvalue weighted by Gasteiger charge is -2.21. The van der Waals surface area contributed by atoms with Crippen LogP contribution in [0, 0.1) is 0 Å². The van der Waals surface area contributed by atoms with E-state index in [0.29, 0.717) is 11.1 Å². The highest BCUT2D eigenvalue weighted by atomic mass is 16.7. The molecule has 2 atom stereocenters. The van der Waals surface area contributed by atoms with E-state index < -0.39 is 36.1 Å². The molecule has 0 N–H and O–H groups in total. The summed E-state index contributed by atoms with van der Waals surface area (Å²) in [5.74, 6) is -2.08. The molecule has 0 fully saturated rings. The van der Waals surface area contributed by atoms with E-state index in [2.05, 4.69) is 26.3 Å². The van der Waals surface area contributed by atoms with Gasteiger partial charge in [-0.1, -0.05) is 36.5 Å². The van der Waals surface area contributed by atoms with Crippen molar-refractivity contribution in [3.05, 3.63) is 49.6 Å². The van der Waals surface area contributed by atoms with Gasteiger partial charge in [0.05, 0.1) is 25.7 Å². The topological polar surface area (TPSA) is 124 Å². The predicted octanol–water partition coefficient (Wildman–Crippen LogP) is 2.97. The van der Waals surface area contributed by atoms with Gasteiger partial charge in [-0.3, -0.25) is 19.2 Å². The molecule has 0 aromatic rings. The summed E-state index contributed by atoms with van der Waals surface area (Å²) in [6, 6.07) is 0. The van der Waals surface area contributed by atoms with Crippen molar-refractivity contribution in [1.82, 2.24) is 0 Å². The Balaban J connectivity index is 4.94. The van der Waals surface area contributed by atoms with Crippen LogP contribution in [0.15, 0.2) is 49.6 Å². The summed E-state index contributed by atoms with van der Waals surface area (Å²) in [7, 11) is 0. The van der Waals surface area contributed by atoms with Gasteiger partial charge in [-0.2, -0.15) is 0 Å². The van der Waals surface area contributed by atoms with E-state index in [1.807, 2.05) is 0 Å². The molecule has 0 radical (unpaired) electrons. The Morgan fingerprint density at radius 2 is 0.943 bits per heavy atom. The second kappa shape index (κ2) is 19.1. The number of ether oxygens (including phenoxy) is 6. The molecule has 0 aromatic carbocycles. The van der Waals surface area contributed by atoms with Crippen molar-refractivity contribution in [1.29, 1.82) is 0 Å². The van der Waals surface area contributed by atoms with Crippen molar-refractivity contribution in [2.24, 2.45) is 0 Å². The second-order valence-corrected chi connectivity index (χ2v) is 7.68. The highest BCUT2D eigenvalue weighted by Crippen LogP contribution is 2.06. The molecule has 0 saturated carbocycles. The normalized spacial score (nSPS) is 11.9. The zero-order valence-corrected chi connectivity index (χ0v) is 20.6. The van der Waals surface area contributed by atoms with E-state index in [-0.39, 0.29) is 58.9 Å². The number of carbonyl (C=O) groups is 4. The number of carbonyl (C=O) groups excluding carboxylic acids is 4. The summed E-state index contributed by atoms with van der Waals surface area (Å²) in [5, 5.41) is 0. The maximum Gasteiger partial charge on any atom is 0.309 e. The first-order chi connectivity index (χ1) is 16.6. The fourth-order valence-corrected chi connectivity index (χ4v) is 2.21. The van der Waals surface area contributed by atoms with Gasteiger partial charge in [0, 0.05) is 0 Å². The fraction of sp³-hybridized carbons (Fsp3) is 0.520. The summed E-state index contributed by atoms with van der Waals surface area (Å²) in [6.45, 7) is 16.4. The van der Waals surface area contributed by atoms with Crippen molar-refractivity contribution in [2.45, 2.75) is 51.7 Å². The van der Waals surface area contributed by atoms with Crippen LogP contribution in [0.3, 0.4) is 0 Å². The van der Waals surface area contributed by atoms with Crippen molar-refractivity contribution < 1.29 is 47.6 Å². The first kappa shape index (κ1) is 31.8. The molecule has 0 rings (SSSR count). The minimum absolute atomic E-state index is 0.00632. The van der Waals surface area contributed by atoms with Crippen LogP contribution in [0.2, 0.25) is 0 Å². The standard InChI is InChI=1S/C25H36O10/c1-7-9-22(26)30-13-20(15-32-24(28)11-18(3)4)34-17-35-21(14-31-23(27)10-8-2)16-33-25(29)12-19(5)6/h7-8,20-21H,1-3,5,9-17H2,4,6H3. The number of esters is 4. The lowest BCUT2D eigenvalue weighted by atomic mass is 10.2. The molecular weight excluding hydrogens is 460 g/mol. The van der Waals surface area contributed by atoms with Crippen LogP contribution < -0.4 is 0 Å². The van der Waals surface area contributed by atoms with Gasteiger partial charge in [-0.05, 0) is 13.8 Å². The van der Waals surface area contributed by atoms with Gasteiger partial charge in [0.25, 0.3) is 0 Å². The van der Waals surface area contributed by atoms with Crippen LogP contribution in [0.4, 0.5) is 0 Å². The Labute approximate surface area is 206 Å². The van der Waals surface area contributed by atoms with Gasteiger partial charge in [0.2, 0.25) is 0 Å². The molecule has 0 aliphatic heterocycles. The van der Waals surface area contributed by atoms with Crippen LogP contribution in [-0.2, 0) is 47.6 Å². The number of rotatable bonds is 20. The fourth-order valence-electron chi connectivity index (χ4n) is 2.21. The SMILES string of the molecule is C=CCC(=O)OCC(COC(=O)CC(=C)C)OCOC(COC(=O)CC=C)COC(=O)CC(=C)C. The van der Waals surface area contributed by atoms with Crippen LogP contribution in [-0.4, -0.2) is 69.3 Å². The van der Waals surface area contributed by atoms with Crippen molar-refractivity contribution in [3.8, 4) is 0 Å². The molecule has 0 aromatic heterocycles. The Hall–Kier alpha value is -3.24. The minimum Gasteiger partial charge on any atom is -0.463 e. The molecule has 0 bridgehead atoms. The molecule has 10 nitrogen and oxygen atoms in total. The average Bonchev–Trinajstić information content (AvgIpc) is 2.76. The van der Waals surface area contributed by atoms with Gasteiger partial charge in [-0.25, -0.2) is 0 Å². The maximum atomic E-state index is 11.8. The van der Waals surface area contributed by atoms with Crippen molar-refractivity contribution >= 4 is 23.9 Å². The first-order valence-corrected chi connectivity index (χ1v) is 10.9. The third-order valence-electron chi connectivity index (χ3n) is 3.84. The lowest BCUT2D eigenvalue weighted by molar-refractivity contribution is -0.182. The number of hydrogen-bond acceptors (Lipinski definition) is 10. The molecule has 0 saturated heterocycles. The first-order valence-electron chi connectivity index (χ1n) is 10.9. The number of hydrogen-bond donors (Lipinski definition) is 0. The van der Waals surface area contributed by atoms with E-state index in [1.54, 1.807) is 13.8 Å². The highest BCUT2D eigenvalue weighted by molar-refractivity contribution is 5.73. The van der Waals surface area contributed by atoms with E-state index in [1.165, 1.54) is 12.2 Å². The largest absolute Gasteiger partial charge is 0.463 e. The third-order valence-corrected chi connectivity index (χ3v) is 3.84. The summed E-state index contributed by atoms with van der Waals surface area (Å²) in [5.41, 5.74) is 1.26. The maximum absolute atomic E-state index is 11.8. The van der Waals surface area contributed by atoms with Crippen LogP contribution in [0.25, 0.3) is 0 Å².